The average Bonchev–Trinajstić information content (AvgIpc) is 3.48. The minimum Gasteiger partial charge on any atom is -0.477 e. The van der Waals surface area contributed by atoms with Crippen LogP contribution >= 0.6 is 11.8 Å². The number of ketones is 1. The van der Waals surface area contributed by atoms with Crippen LogP contribution in [0.4, 0.5) is 0 Å². The summed E-state index contributed by atoms with van der Waals surface area (Å²) in [5, 5.41) is 19.9. The summed E-state index contributed by atoms with van der Waals surface area (Å²) >= 11 is 1.44. The van der Waals surface area contributed by atoms with Crippen LogP contribution in [0.2, 0.25) is 0 Å². The molecule has 0 spiro atoms. The molecule has 0 aliphatic carbocycles. The Morgan fingerprint density at radius 1 is 1.24 bits per heavy atom. The fourth-order valence-electron chi connectivity index (χ4n) is 6.16. The second kappa shape index (κ2) is 10.6. The van der Waals surface area contributed by atoms with E-state index in [1.807, 2.05) is 23.8 Å². The van der Waals surface area contributed by atoms with Crippen molar-refractivity contribution in [3.63, 3.8) is 0 Å². The molecule has 3 saturated heterocycles. The first-order valence-electron chi connectivity index (χ1n) is 12.6. The number of carboxylic acids is 1. The van der Waals surface area contributed by atoms with E-state index in [0.29, 0.717) is 37.4 Å². The number of carboxylic acid groups (broad SMARTS) is 1. The Kier molecular flexibility index (Phi) is 7.86. The number of nitrogens with two attached hydrogens (primary N) is 2. The molecule has 4 heterocycles. The summed E-state index contributed by atoms with van der Waals surface area (Å²) in [5.74, 6) is -2.38. The first-order chi connectivity index (χ1) is 17.4. The average molecular weight is 537 g/mol. The van der Waals surface area contributed by atoms with Crippen LogP contribution in [0.1, 0.15) is 33.1 Å². The fraction of sp³-hybridized carbons (Fsp3) is 0.708. The SMILES string of the molecule is C[C@@H](O)[C@H]1C(=O)N2C(C(=O)O)=C(S[C@H]3C[C@@H](C(=O)N4CC[C@H](CC(=O)CN=C(N)N)C4)N(C)C3)[C@H](C)[C@@H]12. The number of carbonyl (C=O) groups excluding carboxylic acids is 3. The second-order valence-corrected chi connectivity index (χ2v) is 12.0. The molecule has 7 atom stereocenters. The van der Waals surface area contributed by atoms with Gasteiger partial charge in [-0.2, -0.15) is 0 Å². The first kappa shape index (κ1) is 27.4. The summed E-state index contributed by atoms with van der Waals surface area (Å²) in [5.41, 5.74) is 10.6. The Balaban J connectivity index is 1.37. The van der Waals surface area contributed by atoms with Crippen LogP contribution in [0, 0.1) is 17.8 Å². The molecule has 6 N–H and O–H groups in total. The smallest absolute Gasteiger partial charge is 0.353 e. The number of amides is 2. The third-order valence-electron chi connectivity index (χ3n) is 7.95. The van der Waals surface area contributed by atoms with Crippen molar-refractivity contribution in [2.75, 3.05) is 33.2 Å². The minimum absolute atomic E-state index is 0.00890. The number of aliphatic hydroxyl groups is 1. The van der Waals surface area contributed by atoms with Gasteiger partial charge in [0.2, 0.25) is 11.8 Å². The summed E-state index contributed by atoms with van der Waals surface area (Å²) in [7, 11) is 1.89. The van der Waals surface area contributed by atoms with Crippen molar-refractivity contribution in [3.05, 3.63) is 10.6 Å². The van der Waals surface area contributed by atoms with E-state index in [1.54, 1.807) is 6.92 Å². The number of likely N-dealkylation sites (tertiary alicyclic amines) is 2. The molecule has 0 saturated carbocycles. The van der Waals surface area contributed by atoms with Gasteiger partial charge in [-0.05, 0) is 32.7 Å². The van der Waals surface area contributed by atoms with Gasteiger partial charge in [-0.25, -0.2) is 9.79 Å². The summed E-state index contributed by atoms with van der Waals surface area (Å²) in [6.45, 7) is 5.12. The summed E-state index contributed by atoms with van der Waals surface area (Å²) in [4.78, 5) is 59.7. The number of hydrogen-bond donors (Lipinski definition) is 4. The van der Waals surface area contributed by atoms with Crippen LogP contribution in [0.25, 0.3) is 0 Å². The van der Waals surface area contributed by atoms with Crippen LogP contribution in [0.15, 0.2) is 15.6 Å². The van der Waals surface area contributed by atoms with Gasteiger partial charge in [0.25, 0.3) is 0 Å². The van der Waals surface area contributed by atoms with E-state index in [-0.39, 0.29) is 65.0 Å². The highest BCUT2D eigenvalue weighted by atomic mass is 32.2. The molecule has 0 aromatic rings. The number of aliphatic carboxylic acids is 1. The van der Waals surface area contributed by atoms with Gasteiger partial charge >= 0.3 is 5.97 Å². The lowest BCUT2D eigenvalue weighted by atomic mass is 9.79. The topological polar surface area (TPSA) is 183 Å². The normalized spacial score (nSPS) is 32.4. The van der Waals surface area contributed by atoms with E-state index >= 15 is 0 Å². The number of aliphatic hydroxyl groups excluding tert-OH is 1. The maximum atomic E-state index is 13.3. The number of thioether (sulfide) groups is 1. The highest BCUT2D eigenvalue weighted by Crippen LogP contribution is 2.52. The number of β-lactam (4-membered cyclic amide) rings is 1. The van der Waals surface area contributed by atoms with Gasteiger partial charge < -0.3 is 31.5 Å². The molecule has 0 radical (unpaired) electrons. The van der Waals surface area contributed by atoms with Crippen molar-refractivity contribution in [3.8, 4) is 0 Å². The lowest BCUT2D eigenvalue weighted by Gasteiger charge is -2.46. The molecule has 4 aliphatic rings. The zero-order valence-electron chi connectivity index (χ0n) is 21.4. The number of guanidine groups is 1. The van der Waals surface area contributed by atoms with Crippen LogP contribution in [-0.2, 0) is 19.2 Å². The lowest BCUT2D eigenvalue weighted by molar-refractivity contribution is -0.163. The van der Waals surface area contributed by atoms with Crippen molar-refractivity contribution >= 4 is 41.3 Å². The molecule has 4 aliphatic heterocycles. The van der Waals surface area contributed by atoms with Crippen LogP contribution in [-0.4, -0.2) is 111 Å². The van der Waals surface area contributed by atoms with Crippen LogP contribution in [0.3, 0.4) is 0 Å². The van der Waals surface area contributed by atoms with E-state index < -0.39 is 18.0 Å². The second-order valence-electron chi connectivity index (χ2n) is 10.6. The summed E-state index contributed by atoms with van der Waals surface area (Å²) < 4.78 is 0. The molecule has 12 nitrogen and oxygen atoms in total. The van der Waals surface area contributed by atoms with Crippen molar-refractivity contribution in [1.82, 2.24) is 14.7 Å². The molecule has 2 amide bonds. The van der Waals surface area contributed by atoms with Crippen molar-refractivity contribution < 1.29 is 29.4 Å². The summed E-state index contributed by atoms with van der Waals surface area (Å²) in [6, 6.07) is -0.683. The molecule has 4 rings (SSSR count). The quantitative estimate of drug-likeness (QED) is 0.162. The van der Waals surface area contributed by atoms with E-state index in [1.165, 1.54) is 16.7 Å². The summed E-state index contributed by atoms with van der Waals surface area (Å²) in [6.07, 6.45) is 0.788. The Hall–Kier alpha value is -2.64. The van der Waals surface area contributed by atoms with E-state index in [9.17, 15) is 29.4 Å². The van der Waals surface area contributed by atoms with Crippen LogP contribution in [0.5, 0.6) is 0 Å². The number of aliphatic imine (C=N–C) groups is 1. The van der Waals surface area contributed by atoms with Gasteiger partial charge in [0.15, 0.2) is 11.7 Å². The zero-order chi connectivity index (χ0) is 27.2. The molecule has 0 unspecified atom stereocenters. The number of Topliss-reactive ketones (excluding diaryl/α,β-unsaturated/α-hetero) is 1. The van der Waals surface area contributed by atoms with E-state index in [4.69, 9.17) is 11.5 Å². The highest BCUT2D eigenvalue weighted by Gasteiger charge is 2.60. The number of fused-ring (bicyclic) bond motifs is 1. The van der Waals surface area contributed by atoms with Gasteiger partial charge in [0.05, 0.1) is 24.1 Å². The Labute approximate surface area is 220 Å². The monoisotopic (exact) mass is 536 g/mol. The Morgan fingerprint density at radius 2 is 1.95 bits per heavy atom. The van der Waals surface area contributed by atoms with Gasteiger partial charge in [0, 0.05) is 42.1 Å². The standard InChI is InChI=1S/C24H36N6O6S/c1-11-18-17(12(2)31)22(34)30(18)19(23(35)36)20(11)37-15-7-16(28(3)10-15)21(33)29-5-4-13(9-29)6-14(32)8-27-24(25)26/h11-13,15-18,31H,4-10H2,1-3H3,(H,35,36)(H4,25,26,27)/t11-,12-,13-,15+,16+,17-,18+/m1/s1. The number of hydrogen-bond acceptors (Lipinski definition) is 8. The van der Waals surface area contributed by atoms with E-state index in [0.717, 1.165) is 6.42 Å². The third kappa shape index (κ3) is 5.21. The van der Waals surface area contributed by atoms with Crippen molar-refractivity contribution in [2.24, 2.45) is 34.2 Å². The van der Waals surface area contributed by atoms with Crippen molar-refractivity contribution in [1.29, 1.82) is 0 Å². The van der Waals surface area contributed by atoms with Gasteiger partial charge in [0.1, 0.15) is 12.2 Å². The number of likely N-dealkylation sites (N-methyl/N-ethyl adjacent to an activating group) is 1. The number of nitrogens with zero attached hydrogens (tertiary/aromatic N) is 4. The molecule has 0 bridgehead atoms. The van der Waals surface area contributed by atoms with Crippen LogP contribution < -0.4 is 11.5 Å². The number of carbonyl (C=O) groups is 4. The Bertz CT molecular complexity index is 1040. The minimum atomic E-state index is -1.15. The maximum Gasteiger partial charge on any atom is 0.353 e. The predicted molar refractivity (Wildman–Crippen MR) is 137 cm³/mol. The highest BCUT2D eigenvalue weighted by molar-refractivity contribution is 8.03. The van der Waals surface area contributed by atoms with Crippen molar-refractivity contribution in [2.45, 2.75) is 56.5 Å². The van der Waals surface area contributed by atoms with Gasteiger partial charge in [-0.3, -0.25) is 19.3 Å². The molecular weight excluding hydrogens is 500 g/mol. The lowest BCUT2D eigenvalue weighted by Crippen LogP contribution is -2.63. The largest absolute Gasteiger partial charge is 0.477 e. The molecule has 3 fully saturated rings. The molecule has 0 aromatic carbocycles. The van der Waals surface area contributed by atoms with Gasteiger partial charge in [-0.1, -0.05) is 6.92 Å². The van der Waals surface area contributed by atoms with E-state index in [2.05, 4.69) is 4.99 Å². The predicted octanol–water partition coefficient (Wildman–Crippen LogP) is -0.973. The third-order valence-corrected chi connectivity index (χ3v) is 9.45. The molecule has 0 aromatic heterocycles. The fourth-order valence-corrected chi connectivity index (χ4v) is 7.76. The molecular formula is C24H36N6O6S. The Morgan fingerprint density at radius 3 is 2.57 bits per heavy atom. The molecule has 37 heavy (non-hydrogen) atoms. The zero-order valence-corrected chi connectivity index (χ0v) is 22.2. The maximum absolute atomic E-state index is 13.3. The molecule has 13 heteroatoms. The molecule has 204 valence electrons. The first-order valence-corrected chi connectivity index (χ1v) is 13.5. The van der Waals surface area contributed by atoms with Gasteiger partial charge in [-0.15, -0.1) is 11.8 Å². The number of rotatable bonds is 9.